The van der Waals surface area contributed by atoms with E-state index < -0.39 is 9.84 Å². The molecule has 8 heteroatoms. The topological polar surface area (TPSA) is 91.4 Å². The molecule has 7 nitrogen and oxygen atoms in total. The molecule has 0 aromatic carbocycles. The summed E-state index contributed by atoms with van der Waals surface area (Å²) in [6.45, 7) is 2.68. The molecule has 1 saturated heterocycles. The van der Waals surface area contributed by atoms with Gasteiger partial charge in [-0.25, -0.2) is 18.2 Å². The fourth-order valence-corrected chi connectivity index (χ4v) is 4.57. The van der Waals surface area contributed by atoms with Gasteiger partial charge in [-0.05, 0) is 38.3 Å². The molecule has 1 atom stereocenters. The summed E-state index contributed by atoms with van der Waals surface area (Å²) < 4.78 is 23.3. The quantitative estimate of drug-likeness (QED) is 0.846. The van der Waals surface area contributed by atoms with Gasteiger partial charge in [0.05, 0.1) is 23.4 Å². The maximum Gasteiger partial charge on any atom is 0.319 e. The Morgan fingerprint density at radius 2 is 2.13 bits per heavy atom. The van der Waals surface area contributed by atoms with E-state index in [1.165, 1.54) is 0 Å². The SMILES string of the molecule is CCN(c1ccc(NC(=O)NC2CC2)cn1)C1CCS(=O)(=O)C1. The Hall–Kier alpha value is -1.83. The number of hydrogen-bond acceptors (Lipinski definition) is 5. The van der Waals surface area contributed by atoms with E-state index in [2.05, 4.69) is 15.6 Å². The summed E-state index contributed by atoms with van der Waals surface area (Å²) in [6.07, 6.45) is 4.33. The van der Waals surface area contributed by atoms with Gasteiger partial charge >= 0.3 is 6.03 Å². The van der Waals surface area contributed by atoms with Crippen molar-refractivity contribution in [3.05, 3.63) is 18.3 Å². The van der Waals surface area contributed by atoms with Gasteiger partial charge in [0.15, 0.2) is 9.84 Å². The van der Waals surface area contributed by atoms with E-state index in [1.54, 1.807) is 12.3 Å². The number of amides is 2. The summed E-state index contributed by atoms with van der Waals surface area (Å²) in [5, 5.41) is 5.60. The van der Waals surface area contributed by atoms with Gasteiger partial charge in [0.25, 0.3) is 0 Å². The number of hydrogen-bond donors (Lipinski definition) is 2. The number of urea groups is 1. The summed E-state index contributed by atoms with van der Waals surface area (Å²) >= 11 is 0. The number of nitrogens with one attached hydrogen (secondary N) is 2. The molecule has 1 aromatic rings. The van der Waals surface area contributed by atoms with Crippen LogP contribution in [0.2, 0.25) is 0 Å². The van der Waals surface area contributed by atoms with Crippen LogP contribution in [0.3, 0.4) is 0 Å². The van der Waals surface area contributed by atoms with E-state index in [1.807, 2.05) is 17.9 Å². The molecule has 1 unspecified atom stereocenters. The second-order valence-corrected chi connectivity index (χ2v) is 8.35. The number of aromatic nitrogens is 1. The molecule has 2 heterocycles. The largest absolute Gasteiger partial charge is 0.353 e. The Morgan fingerprint density at radius 3 is 2.65 bits per heavy atom. The Morgan fingerprint density at radius 1 is 1.35 bits per heavy atom. The van der Waals surface area contributed by atoms with Crippen LogP contribution in [0.15, 0.2) is 18.3 Å². The summed E-state index contributed by atoms with van der Waals surface area (Å²) in [5.41, 5.74) is 0.627. The third-order valence-electron chi connectivity index (χ3n) is 4.20. The summed E-state index contributed by atoms with van der Waals surface area (Å²) in [6, 6.07) is 3.69. The zero-order chi connectivity index (χ0) is 16.4. The van der Waals surface area contributed by atoms with Crippen molar-refractivity contribution >= 4 is 27.4 Å². The van der Waals surface area contributed by atoms with Crippen LogP contribution in [0, 0.1) is 0 Å². The molecule has 2 aliphatic rings. The van der Waals surface area contributed by atoms with Crippen molar-refractivity contribution in [2.45, 2.75) is 38.3 Å². The maximum absolute atomic E-state index is 11.7. The third kappa shape index (κ3) is 4.13. The van der Waals surface area contributed by atoms with Gasteiger partial charge in [0.2, 0.25) is 0 Å². The zero-order valence-electron chi connectivity index (χ0n) is 13.2. The van der Waals surface area contributed by atoms with Crippen molar-refractivity contribution < 1.29 is 13.2 Å². The van der Waals surface area contributed by atoms with Crippen LogP contribution in [0.4, 0.5) is 16.3 Å². The lowest BCUT2D eigenvalue weighted by atomic mass is 10.2. The van der Waals surface area contributed by atoms with Crippen molar-refractivity contribution in [3.8, 4) is 0 Å². The number of pyridine rings is 1. The molecule has 1 saturated carbocycles. The van der Waals surface area contributed by atoms with Crippen molar-refractivity contribution in [3.63, 3.8) is 0 Å². The van der Waals surface area contributed by atoms with Gasteiger partial charge in [-0.3, -0.25) is 0 Å². The van der Waals surface area contributed by atoms with Crippen LogP contribution >= 0.6 is 0 Å². The smallest absolute Gasteiger partial charge is 0.319 e. The molecule has 2 amide bonds. The first-order valence-electron chi connectivity index (χ1n) is 7.97. The predicted molar refractivity (Wildman–Crippen MR) is 89.5 cm³/mol. The minimum atomic E-state index is -2.92. The van der Waals surface area contributed by atoms with Crippen molar-refractivity contribution in [2.75, 3.05) is 28.3 Å². The average molecular weight is 338 g/mol. The Kier molecular flexibility index (Phi) is 4.43. The molecular formula is C15H22N4O3S. The molecular weight excluding hydrogens is 316 g/mol. The molecule has 1 aromatic heterocycles. The molecule has 0 radical (unpaired) electrons. The van der Waals surface area contributed by atoms with Crippen LogP contribution in [-0.4, -0.2) is 49.6 Å². The van der Waals surface area contributed by atoms with Gasteiger partial charge in [0, 0.05) is 18.6 Å². The third-order valence-corrected chi connectivity index (χ3v) is 5.95. The van der Waals surface area contributed by atoms with Crippen molar-refractivity contribution in [1.29, 1.82) is 0 Å². The minimum Gasteiger partial charge on any atom is -0.353 e. The summed E-state index contributed by atoms with van der Waals surface area (Å²) in [5.74, 6) is 1.17. The number of nitrogens with zero attached hydrogens (tertiary/aromatic N) is 2. The summed E-state index contributed by atoms with van der Waals surface area (Å²) in [7, 11) is -2.92. The second kappa shape index (κ2) is 6.35. The van der Waals surface area contributed by atoms with Crippen LogP contribution in [0.1, 0.15) is 26.2 Å². The maximum atomic E-state index is 11.7. The molecule has 0 bridgehead atoms. The number of sulfone groups is 1. The van der Waals surface area contributed by atoms with E-state index in [-0.39, 0.29) is 23.6 Å². The van der Waals surface area contributed by atoms with Gasteiger partial charge < -0.3 is 15.5 Å². The molecule has 1 aliphatic carbocycles. The zero-order valence-corrected chi connectivity index (χ0v) is 14.0. The minimum absolute atomic E-state index is 0.0190. The molecule has 126 valence electrons. The van der Waals surface area contributed by atoms with Crippen LogP contribution < -0.4 is 15.5 Å². The lowest BCUT2D eigenvalue weighted by Crippen LogP contribution is -2.36. The lowest BCUT2D eigenvalue weighted by Gasteiger charge is -2.28. The van der Waals surface area contributed by atoms with Gasteiger partial charge in [-0.2, -0.15) is 0 Å². The molecule has 2 N–H and O–H groups in total. The first-order valence-corrected chi connectivity index (χ1v) is 9.79. The van der Waals surface area contributed by atoms with E-state index in [4.69, 9.17) is 0 Å². The standard InChI is InChI=1S/C15H22N4O3S/c1-2-19(13-7-8-23(21,22)10-13)14-6-5-12(9-16-14)18-15(20)17-11-3-4-11/h5-6,9,11,13H,2-4,7-8,10H2,1H3,(H2,17,18,20). The van der Waals surface area contributed by atoms with E-state index in [0.29, 0.717) is 24.7 Å². The Labute approximate surface area is 136 Å². The number of carbonyl (C=O) groups is 1. The van der Waals surface area contributed by atoms with Gasteiger partial charge in [-0.15, -0.1) is 0 Å². The average Bonchev–Trinajstić information content (AvgIpc) is 3.23. The molecule has 0 spiro atoms. The molecule has 23 heavy (non-hydrogen) atoms. The second-order valence-electron chi connectivity index (χ2n) is 6.12. The van der Waals surface area contributed by atoms with Crippen LogP contribution in [0.5, 0.6) is 0 Å². The Bertz CT molecular complexity index is 670. The fraction of sp³-hybridized carbons (Fsp3) is 0.600. The highest BCUT2D eigenvalue weighted by Crippen LogP contribution is 2.23. The highest BCUT2D eigenvalue weighted by molar-refractivity contribution is 7.91. The van der Waals surface area contributed by atoms with Crippen molar-refractivity contribution in [2.24, 2.45) is 0 Å². The van der Waals surface area contributed by atoms with E-state index in [9.17, 15) is 13.2 Å². The number of carbonyl (C=O) groups excluding carboxylic acids is 1. The van der Waals surface area contributed by atoms with Crippen LogP contribution in [-0.2, 0) is 9.84 Å². The lowest BCUT2D eigenvalue weighted by molar-refractivity contribution is 0.251. The predicted octanol–water partition coefficient (Wildman–Crippen LogP) is 1.38. The number of rotatable bonds is 5. The normalized spacial score (nSPS) is 22.6. The van der Waals surface area contributed by atoms with Crippen LogP contribution in [0.25, 0.3) is 0 Å². The van der Waals surface area contributed by atoms with E-state index in [0.717, 1.165) is 18.7 Å². The molecule has 1 aliphatic heterocycles. The molecule has 2 fully saturated rings. The molecule has 3 rings (SSSR count). The number of anilines is 2. The highest BCUT2D eigenvalue weighted by Gasteiger charge is 2.32. The van der Waals surface area contributed by atoms with E-state index >= 15 is 0 Å². The highest BCUT2D eigenvalue weighted by atomic mass is 32.2. The first kappa shape index (κ1) is 16.0. The van der Waals surface area contributed by atoms with Gasteiger partial charge in [-0.1, -0.05) is 0 Å². The monoisotopic (exact) mass is 338 g/mol. The van der Waals surface area contributed by atoms with Crippen molar-refractivity contribution in [1.82, 2.24) is 10.3 Å². The Balaban J connectivity index is 1.63. The van der Waals surface area contributed by atoms with Gasteiger partial charge in [0.1, 0.15) is 5.82 Å². The summed E-state index contributed by atoms with van der Waals surface area (Å²) in [4.78, 5) is 18.1. The first-order chi connectivity index (χ1) is 11.0. The fourth-order valence-electron chi connectivity index (χ4n) is 2.84.